The quantitative estimate of drug-likeness (QED) is 0.902. The second kappa shape index (κ2) is 8.32. The van der Waals surface area contributed by atoms with Crippen LogP contribution in [0.3, 0.4) is 0 Å². The van der Waals surface area contributed by atoms with Crippen molar-refractivity contribution < 1.29 is 14.3 Å². The van der Waals surface area contributed by atoms with E-state index in [4.69, 9.17) is 9.47 Å². The van der Waals surface area contributed by atoms with Gasteiger partial charge in [0.05, 0.1) is 13.7 Å². The second-order valence-corrected chi connectivity index (χ2v) is 5.85. The number of aromatic nitrogens is 2. The number of nitrogens with zero attached hydrogens (tertiary/aromatic N) is 3. The lowest BCUT2D eigenvalue weighted by atomic mass is 10.1. The Morgan fingerprint density at radius 1 is 1.32 bits per heavy atom. The highest BCUT2D eigenvalue weighted by atomic mass is 16.5. The smallest absolute Gasteiger partial charge is 0.319 e. The molecule has 132 valence electrons. The first-order valence-corrected chi connectivity index (χ1v) is 8.35. The number of carbonyl (C=O) groups is 1. The maximum Gasteiger partial charge on any atom is 0.319 e. The number of carbonyl (C=O) groups excluding carboxylic acids is 1. The van der Waals surface area contributed by atoms with Gasteiger partial charge < -0.3 is 19.7 Å². The van der Waals surface area contributed by atoms with Crippen molar-refractivity contribution in [1.82, 2.24) is 20.2 Å². The highest BCUT2D eigenvalue weighted by Gasteiger charge is 2.25. The zero-order valence-corrected chi connectivity index (χ0v) is 14.2. The molecular formula is C18H22N4O3. The van der Waals surface area contributed by atoms with Gasteiger partial charge in [0.2, 0.25) is 5.88 Å². The van der Waals surface area contributed by atoms with E-state index in [9.17, 15) is 4.79 Å². The molecule has 2 aromatic rings. The topological polar surface area (TPSA) is 76.6 Å². The third-order valence-corrected chi connectivity index (χ3v) is 4.03. The molecule has 0 saturated carbocycles. The van der Waals surface area contributed by atoms with Gasteiger partial charge in [-0.25, -0.2) is 9.78 Å². The molecule has 2 heterocycles. The summed E-state index contributed by atoms with van der Waals surface area (Å²) in [6.45, 7) is 1.78. The van der Waals surface area contributed by atoms with Crippen molar-refractivity contribution in [2.45, 2.75) is 25.5 Å². The fourth-order valence-electron chi connectivity index (χ4n) is 2.76. The maximum absolute atomic E-state index is 12.4. The van der Waals surface area contributed by atoms with E-state index in [1.165, 1.54) is 7.11 Å². The van der Waals surface area contributed by atoms with Gasteiger partial charge in [-0.1, -0.05) is 30.3 Å². The largest absolute Gasteiger partial charge is 0.472 e. The van der Waals surface area contributed by atoms with Gasteiger partial charge in [-0.3, -0.25) is 0 Å². The fourth-order valence-corrected chi connectivity index (χ4v) is 2.76. The minimum Gasteiger partial charge on any atom is -0.472 e. The molecule has 1 aromatic carbocycles. The van der Waals surface area contributed by atoms with Gasteiger partial charge in [0, 0.05) is 25.4 Å². The first-order chi connectivity index (χ1) is 12.2. The standard InChI is InChI=1S/C18H22N4O3/c1-24-17-19-10-9-16(21-17)25-15-8-5-11-22(13-15)18(23)20-12-14-6-3-2-4-7-14/h2-4,6-7,9-10,15H,5,8,11-13H2,1H3,(H,20,23). The molecule has 25 heavy (non-hydrogen) atoms. The number of methoxy groups -OCH3 is 1. The van der Waals surface area contributed by atoms with Gasteiger partial charge in [0.1, 0.15) is 6.10 Å². The molecule has 0 aliphatic carbocycles. The molecule has 0 radical (unpaired) electrons. The molecule has 1 aliphatic rings. The van der Waals surface area contributed by atoms with Crippen LogP contribution in [0.15, 0.2) is 42.6 Å². The van der Waals surface area contributed by atoms with Crippen LogP contribution >= 0.6 is 0 Å². The van der Waals surface area contributed by atoms with Crippen molar-refractivity contribution in [3.8, 4) is 11.9 Å². The molecule has 1 saturated heterocycles. The first-order valence-electron chi connectivity index (χ1n) is 8.35. The van der Waals surface area contributed by atoms with E-state index in [0.717, 1.165) is 24.9 Å². The Bertz CT molecular complexity index is 696. The number of likely N-dealkylation sites (tertiary alicyclic amines) is 1. The van der Waals surface area contributed by atoms with Crippen molar-refractivity contribution in [1.29, 1.82) is 0 Å². The van der Waals surface area contributed by atoms with Crippen molar-refractivity contribution in [2.24, 2.45) is 0 Å². The molecule has 0 bridgehead atoms. The van der Waals surface area contributed by atoms with Crippen molar-refractivity contribution >= 4 is 6.03 Å². The predicted molar refractivity (Wildman–Crippen MR) is 92.5 cm³/mol. The number of ether oxygens (including phenoxy) is 2. The number of urea groups is 1. The van der Waals surface area contributed by atoms with E-state index in [2.05, 4.69) is 15.3 Å². The third-order valence-electron chi connectivity index (χ3n) is 4.03. The lowest BCUT2D eigenvalue weighted by Gasteiger charge is -2.32. The van der Waals surface area contributed by atoms with E-state index in [1.807, 2.05) is 30.3 Å². The van der Waals surface area contributed by atoms with E-state index >= 15 is 0 Å². The van der Waals surface area contributed by atoms with Crippen LogP contribution in [0.1, 0.15) is 18.4 Å². The number of piperidine rings is 1. The van der Waals surface area contributed by atoms with Crippen LogP contribution in [0, 0.1) is 0 Å². The fraction of sp³-hybridized carbons (Fsp3) is 0.389. The number of hydrogen-bond acceptors (Lipinski definition) is 5. The minimum absolute atomic E-state index is 0.0718. The number of amides is 2. The molecule has 1 N–H and O–H groups in total. The second-order valence-electron chi connectivity index (χ2n) is 5.85. The van der Waals surface area contributed by atoms with Crippen molar-refractivity contribution in [3.63, 3.8) is 0 Å². The molecule has 0 spiro atoms. The lowest BCUT2D eigenvalue weighted by molar-refractivity contribution is 0.0969. The molecule has 7 heteroatoms. The molecule has 2 amide bonds. The summed E-state index contributed by atoms with van der Waals surface area (Å²) < 4.78 is 10.9. The summed E-state index contributed by atoms with van der Waals surface area (Å²) in [5.74, 6) is 0.461. The highest BCUT2D eigenvalue weighted by Crippen LogP contribution is 2.18. The zero-order chi connectivity index (χ0) is 17.5. The average Bonchev–Trinajstić information content (AvgIpc) is 2.67. The van der Waals surface area contributed by atoms with Crippen molar-refractivity contribution in [3.05, 3.63) is 48.2 Å². The number of benzene rings is 1. The van der Waals surface area contributed by atoms with Gasteiger partial charge in [0.15, 0.2) is 0 Å². The number of hydrogen-bond donors (Lipinski definition) is 1. The van der Waals surface area contributed by atoms with Crippen LogP contribution in [-0.2, 0) is 6.54 Å². The Labute approximate surface area is 147 Å². The van der Waals surface area contributed by atoms with Crippen LogP contribution in [0.2, 0.25) is 0 Å². The van der Waals surface area contributed by atoms with Crippen LogP contribution in [0.25, 0.3) is 0 Å². The van der Waals surface area contributed by atoms with Gasteiger partial charge in [-0.05, 0) is 18.4 Å². The average molecular weight is 342 g/mol. The van der Waals surface area contributed by atoms with Crippen molar-refractivity contribution in [2.75, 3.05) is 20.2 Å². The zero-order valence-electron chi connectivity index (χ0n) is 14.2. The van der Waals surface area contributed by atoms with E-state index in [-0.39, 0.29) is 18.1 Å². The Balaban J connectivity index is 1.52. The van der Waals surface area contributed by atoms with Crippen LogP contribution in [0.4, 0.5) is 4.79 Å². The summed E-state index contributed by atoms with van der Waals surface area (Å²) in [6, 6.07) is 11.8. The maximum atomic E-state index is 12.4. The van der Waals surface area contributed by atoms with Gasteiger partial charge in [-0.15, -0.1) is 0 Å². The number of nitrogens with one attached hydrogen (secondary N) is 1. The highest BCUT2D eigenvalue weighted by molar-refractivity contribution is 5.74. The molecule has 7 nitrogen and oxygen atoms in total. The Morgan fingerprint density at radius 3 is 2.96 bits per heavy atom. The Hall–Kier alpha value is -2.83. The van der Waals surface area contributed by atoms with E-state index in [1.54, 1.807) is 17.2 Å². The summed E-state index contributed by atoms with van der Waals surface area (Å²) in [7, 11) is 1.51. The predicted octanol–water partition coefficient (Wildman–Crippen LogP) is 2.24. The monoisotopic (exact) mass is 342 g/mol. The summed E-state index contributed by atoms with van der Waals surface area (Å²) in [5.41, 5.74) is 1.08. The van der Waals surface area contributed by atoms with Crippen LogP contribution in [-0.4, -0.2) is 47.2 Å². The molecule has 3 rings (SSSR count). The minimum atomic E-state index is -0.0872. The molecule has 1 fully saturated rings. The first kappa shape index (κ1) is 17.0. The number of rotatable bonds is 5. The summed E-state index contributed by atoms with van der Waals surface area (Å²) >= 11 is 0. The Morgan fingerprint density at radius 2 is 2.16 bits per heavy atom. The summed E-state index contributed by atoms with van der Waals surface area (Å²) in [6.07, 6.45) is 3.28. The van der Waals surface area contributed by atoms with Crippen LogP contribution < -0.4 is 14.8 Å². The normalized spacial score (nSPS) is 17.0. The SMILES string of the molecule is COc1nccc(OC2CCCN(C(=O)NCc3ccccc3)C2)n1. The summed E-state index contributed by atoms with van der Waals surface area (Å²) in [4.78, 5) is 22.3. The molecule has 1 aliphatic heterocycles. The van der Waals surface area contributed by atoms with E-state index in [0.29, 0.717) is 19.0 Å². The lowest BCUT2D eigenvalue weighted by Crippen LogP contribution is -2.48. The van der Waals surface area contributed by atoms with Gasteiger partial charge in [-0.2, -0.15) is 4.98 Å². The van der Waals surface area contributed by atoms with Gasteiger partial charge >= 0.3 is 12.0 Å². The molecule has 1 aromatic heterocycles. The van der Waals surface area contributed by atoms with E-state index < -0.39 is 0 Å². The summed E-state index contributed by atoms with van der Waals surface area (Å²) in [5, 5.41) is 2.96. The molecular weight excluding hydrogens is 320 g/mol. The molecule has 1 atom stereocenters. The third kappa shape index (κ3) is 4.82. The van der Waals surface area contributed by atoms with Crippen LogP contribution in [0.5, 0.6) is 11.9 Å². The van der Waals surface area contributed by atoms with Gasteiger partial charge in [0.25, 0.3) is 0 Å². The Kier molecular flexibility index (Phi) is 5.66. The molecule has 1 unspecified atom stereocenters.